The van der Waals surface area contributed by atoms with E-state index in [1.165, 1.54) is 0 Å². The van der Waals surface area contributed by atoms with E-state index in [0.717, 1.165) is 25.2 Å². The Bertz CT molecular complexity index is 777. The van der Waals surface area contributed by atoms with Gasteiger partial charge in [-0.15, -0.1) is 0 Å². The number of rotatable bonds is 5. The Hall–Kier alpha value is -2.19. The zero-order valence-electron chi connectivity index (χ0n) is 14.6. The molecule has 0 unspecified atom stereocenters. The summed E-state index contributed by atoms with van der Waals surface area (Å²) < 4.78 is 0. The first-order valence-corrected chi connectivity index (χ1v) is 8.50. The maximum atomic E-state index is 11.8. The predicted molar refractivity (Wildman–Crippen MR) is 98.3 cm³/mol. The fraction of sp³-hybridized carbons (Fsp3) is 0.500. The van der Waals surface area contributed by atoms with Crippen molar-refractivity contribution in [1.29, 1.82) is 0 Å². The van der Waals surface area contributed by atoms with Crippen LogP contribution >= 0.6 is 11.6 Å². The molecule has 134 valence electrons. The van der Waals surface area contributed by atoms with Crippen LogP contribution in [0.1, 0.15) is 12.1 Å². The molecule has 0 saturated carbocycles. The minimum atomic E-state index is -0.135. The van der Waals surface area contributed by atoms with Gasteiger partial charge in [-0.2, -0.15) is 0 Å². The van der Waals surface area contributed by atoms with E-state index in [2.05, 4.69) is 36.8 Å². The number of hydrogen-bond donors (Lipinski definition) is 1. The average molecular weight is 364 g/mol. The summed E-state index contributed by atoms with van der Waals surface area (Å²) in [6.45, 7) is 2.34. The molecular formula is C16H22ClN7O. The molecule has 3 rings (SSSR count). The lowest BCUT2D eigenvalue weighted by molar-refractivity contribution is 0.247. The lowest BCUT2D eigenvalue weighted by Crippen LogP contribution is -2.35. The van der Waals surface area contributed by atoms with Crippen molar-refractivity contribution < 1.29 is 0 Å². The fourth-order valence-electron chi connectivity index (χ4n) is 2.92. The Labute approximate surface area is 151 Å². The van der Waals surface area contributed by atoms with Crippen LogP contribution in [0.3, 0.4) is 0 Å². The molecule has 0 spiro atoms. The molecule has 3 heterocycles. The van der Waals surface area contributed by atoms with Gasteiger partial charge in [-0.3, -0.25) is 14.7 Å². The van der Waals surface area contributed by atoms with Crippen LogP contribution in [0, 0.1) is 0 Å². The lowest BCUT2D eigenvalue weighted by Gasteiger charge is -2.24. The molecule has 9 heteroatoms. The van der Waals surface area contributed by atoms with Crippen molar-refractivity contribution in [2.75, 3.05) is 44.0 Å². The van der Waals surface area contributed by atoms with Crippen LogP contribution in [-0.4, -0.2) is 65.1 Å². The maximum absolute atomic E-state index is 11.8. The summed E-state index contributed by atoms with van der Waals surface area (Å²) in [5, 5.41) is 0.536. The maximum Gasteiger partial charge on any atom is 0.252 e. The molecule has 0 aromatic carbocycles. The zero-order valence-corrected chi connectivity index (χ0v) is 15.4. The van der Waals surface area contributed by atoms with Gasteiger partial charge in [0.15, 0.2) is 0 Å². The Morgan fingerprint density at radius 2 is 2.04 bits per heavy atom. The topological polar surface area (TPSA) is 81.2 Å². The summed E-state index contributed by atoms with van der Waals surface area (Å²) in [5.74, 6) is 1.27. The van der Waals surface area contributed by atoms with Crippen LogP contribution < -0.4 is 15.4 Å². The molecule has 0 amide bonds. The first-order chi connectivity index (χ1) is 11.9. The normalized spacial score (nSPS) is 17.3. The number of H-pyrrole nitrogens is 1. The Kier molecular flexibility index (Phi) is 5.19. The Morgan fingerprint density at radius 1 is 1.32 bits per heavy atom. The lowest BCUT2D eigenvalue weighted by atomic mass is 10.2. The molecule has 1 aliphatic rings. The minimum absolute atomic E-state index is 0.135. The third kappa shape index (κ3) is 4.26. The van der Waals surface area contributed by atoms with Crippen molar-refractivity contribution in [1.82, 2.24) is 24.8 Å². The van der Waals surface area contributed by atoms with Gasteiger partial charge in [-0.25, -0.2) is 15.0 Å². The third-order valence-electron chi connectivity index (χ3n) is 4.29. The van der Waals surface area contributed by atoms with Gasteiger partial charge >= 0.3 is 0 Å². The molecule has 1 atom stereocenters. The van der Waals surface area contributed by atoms with Crippen molar-refractivity contribution >= 4 is 23.5 Å². The molecule has 25 heavy (non-hydrogen) atoms. The molecule has 1 fully saturated rings. The summed E-state index contributed by atoms with van der Waals surface area (Å²) in [6, 6.07) is 1.90. The Morgan fingerprint density at radius 3 is 2.72 bits per heavy atom. The first-order valence-electron chi connectivity index (χ1n) is 8.12. The first kappa shape index (κ1) is 17.6. The number of aromatic nitrogens is 4. The number of likely N-dealkylation sites (N-methyl/N-ethyl adjacent to an activating group) is 1. The average Bonchev–Trinajstić information content (AvgIpc) is 3.05. The predicted octanol–water partition coefficient (Wildman–Crippen LogP) is 0.990. The number of halogens is 1. The molecule has 0 bridgehead atoms. The molecule has 2 aromatic rings. The van der Waals surface area contributed by atoms with E-state index in [9.17, 15) is 4.79 Å². The molecular weight excluding hydrogens is 342 g/mol. The molecule has 1 saturated heterocycles. The van der Waals surface area contributed by atoms with Crippen LogP contribution in [0.15, 0.2) is 23.3 Å². The van der Waals surface area contributed by atoms with Crippen molar-refractivity contribution in [3.05, 3.63) is 39.5 Å². The second-order valence-corrected chi connectivity index (χ2v) is 6.90. The summed E-state index contributed by atoms with van der Waals surface area (Å²) >= 11 is 5.85. The van der Waals surface area contributed by atoms with Crippen molar-refractivity contribution in [2.24, 2.45) is 0 Å². The number of aromatic amines is 1. The second-order valence-electron chi connectivity index (χ2n) is 6.46. The molecule has 2 aromatic heterocycles. The monoisotopic (exact) mass is 363 g/mol. The number of nitrogens with one attached hydrogen (secondary N) is 1. The van der Waals surface area contributed by atoms with Gasteiger partial charge < -0.3 is 9.80 Å². The van der Waals surface area contributed by atoms with E-state index >= 15 is 0 Å². The van der Waals surface area contributed by atoms with E-state index < -0.39 is 0 Å². The highest BCUT2D eigenvalue weighted by atomic mass is 35.5. The van der Waals surface area contributed by atoms with Crippen molar-refractivity contribution in [3.8, 4) is 0 Å². The van der Waals surface area contributed by atoms with Crippen LogP contribution in [0.4, 0.5) is 11.9 Å². The van der Waals surface area contributed by atoms with E-state index in [4.69, 9.17) is 11.6 Å². The number of anilines is 2. The Balaban J connectivity index is 1.65. The summed E-state index contributed by atoms with van der Waals surface area (Å²) in [5.41, 5.74) is 0.626. The van der Waals surface area contributed by atoms with Gasteiger partial charge in [0.1, 0.15) is 0 Å². The van der Waals surface area contributed by atoms with Gasteiger partial charge in [-0.1, -0.05) is 11.6 Å². The standard InChI is InChI=1S/C16H22ClN7O/c1-22(2)16-20-12(6-14(25)21-16)9-23(3)13-4-5-24(10-13)15-18-7-11(17)8-19-15/h6-8,13H,4-5,9-10H2,1-3H3,(H,20,21,25)/t13-/m1/s1. The highest BCUT2D eigenvalue weighted by Crippen LogP contribution is 2.20. The smallest absolute Gasteiger partial charge is 0.252 e. The van der Waals surface area contributed by atoms with Crippen LogP contribution in [0.5, 0.6) is 0 Å². The molecule has 0 aliphatic carbocycles. The SMILES string of the molecule is CN(C)c1nc(CN(C)[C@@H]2CCN(c3ncc(Cl)cn3)C2)cc(=O)[nH]1. The van der Waals surface area contributed by atoms with Crippen LogP contribution in [-0.2, 0) is 6.54 Å². The van der Waals surface area contributed by atoms with Crippen molar-refractivity contribution in [2.45, 2.75) is 19.0 Å². The van der Waals surface area contributed by atoms with Gasteiger partial charge in [0.05, 0.1) is 23.1 Å². The largest absolute Gasteiger partial charge is 0.348 e. The summed E-state index contributed by atoms with van der Waals surface area (Å²) in [6.07, 6.45) is 4.24. The zero-order chi connectivity index (χ0) is 18.0. The highest BCUT2D eigenvalue weighted by Gasteiger charge is 2.27. The molecule has 8 nitrogen and oxygen atoms in total. The third-order valence-corrected chi connectivity index (χ3v) is 4.49. The van der Waals surface area contributed by atoms with Gasteiger partial charge in [0.2, 0.25) is 11.9 Å². The van der Waals surface area contributed by atoms with Gasteiger partial charge in [0.25, 0.3) is 5.56 Å². The molecule has 1 N–H and O–H groups in total. The van der Waals surface area contributed by atoms with E-state index in [-0.39, 0.29) is 5.56 Å². The van der Waals surface area contributed by atoms with Crippen LogP contribution in [0.25, 0.3) is 0 Å². The van der Waals surface area contributed by atoms with E-state index in [1.54, 1.807) is 23.4 Å². The molecule has 0 radical (unpaired) electrons. The van der Waals surface area contributed by atoms with Crippen LogP contribution in [0.2, 0.25) is 5.02 Å². The minimum Gasteiger partial charge on any atom is -0.348 e. The summed E-state index contributed by atoms with van der Waals surface area (Å²) in [4.78, 5) is 33.8. The summed E-state index contributed by atoms with van der Waals surface area (Å²) in [7, 11) is 5.76. The number of nitrogens with zero attached hydrogens (tertiary/aromatic N) is 6. The van der Waals surface area contributed by atoms with Crippen molar-refractivity contribution in [3.63, 3.8) is 0 Å². The second kappa shape index (κ2) is 7.37. The fourth-order valence-corrected chi connectivity index (χ4v) is 3.02. The molecule has 1 aliphatic heterocycles. The van der Waals surface area contributed by atoms with E-state index in [1.807, 2.05) is 14.1 Å². The van der Waals surface area contributed by atoms with Gasteiger partial charge in [0, 0.05) is 45.8 Å². The quantitative estimate of drug-likeness (QED) is 0.848. The van der Waals surface area contributed by atoms with Gasteiger partial charge in [-0.05, 0) is 13.5 Å². The van der Waals surface area contributed by atoms with E-state index in [0.29, 0.717) is 29.5 Å². The highest BCUT2D eigenvalue weighted by molar-refractivity contribution is 6.30. The number of hydrogen-bond acceptors (Lipinski definition) is 7.